The molecular weight excluding hydrogens is 407 g/mol. The summed E-state index contributed by atoms with van der Waals surface area (Å²) < 4.78 is 2.31. The Morgan fingerprint density at radius 3 is 2.46 bits per heavy atom. The molecule has 0 aliphatic carbocycles. The van der Waals surface area contributed by atoms with E-state index in [0.717, 1.165) is 0 Å². The molecule has 1 N–H and O–H groups in total. The number of halogens is 1. The Morgan fingerprint density at radius 2 is 1.67 bits per heavy atom. The van der Waals surface area contributed by atoms with E-state index in [4.69, 9.17) is 0 Å². The van der Waals surface area contributed by atoms with E-state index in [0.29, 0.717) is 0 Å². The number of allylic oxidation sites excluding steroid dienone is 1. The van der Waals surface area contributed by atoms with Crippen molar-refractivity contribution in [3.8, 4) is 0 Å². The summed E-state index contributed by atoms with van der Waals surface area (Å²) in [5.41, 5.74) is 6.45. The van der Waals surface area contributed by atoms with Gasteiger partial charge in [0, 0.05) is 34.8 Å². The first kappa shape index (κ1) is 17.0. The number of aromatic amines is 1. The second-order valence-corrected chi connectivity index (χ2v) is 6.71. The molecule has 0 spiro atoms. The number of nitrogens with one attached hydrogen (secondary N) is 1. The van der Waals surface area contributed by atoms with Crippen molar-refractivity contribution in [2.24, 2.45) is 0 Å². The number of hydrogen-bond donors (Lipinski definition) is 1. The Morgan fingerprint density at radius 1 is 0.958 bits per heavy atom. The summed E-state index contributed by atoms with van der Waals surface area (Å²) in [5, 5.41) is 1.26. The largest absolute Gasteiger partial charge is 1.00 e. The van der Waals surface area contributed by atoms with Crippen LogP contribution in [-0.2, 0) is 5.41 Å². The van der Waals surface area contributed by atoms with Gasteiger partial charge in [0.25, 0.3) is 0 Å². The molecule has 122 valence electrons. The number of hydrogen-bond acceptors (Lipinski definition) is 0. The molecule has 2 aromatic carbocycles. The summed E-state index contributed by atoms with van der Waals surface area (Å²) in [6, 6.07) is 17.1. The van der Waals surface area contributed by atoms with Crippen LogP contribution < -0.4 is 24.0 Å². The standard InChI is InChI=1S/C21H20N2.HI/c1-21(2)17-9-5-7-11-19(17)23(3)20(21)13-12-15-14-22-18-10-6-4-8-16(15)18;/h4-14H,1-3H3;1H. The van der Waals surface area contributed by atoms with E-state index >= 15 is 0 Å². The summed E-state index contributed by atoms with van der Waals surface area (Å²) in [6.07, 6.45) is 6.56. The Kier molecular flexibility index (Phi) is 4.38. The average molecular weight is 428 g/mol. The van der Waals surface area contributed by atoms with E-state index in [1.165, 1.54) is 33.4 Å². The molecule has 3 aromatic rings. The number of rotatable bonds is 2. The van der Waals surface area contributed by atoms with Gasteiger partial charge in [-0.25, -0.2) is 0 Å². The monoisotopic (exact) mass is 428 g/mol. The van der Waals surface area contributed by atoms with Crippen molar-refractivity contribution >= 4 is 28.4 Å². The van der Waals surface area contributed by atoms with E-state index in [1.807, 2.05) is 0 Å². The van der Waals surface area contributed by atoms with Crippen LogP contribution in [0.1, 0.15) is 25.0 Å². The molecule has 4 rings (SSSR count). The first-order chi connectivity index (χ1) is 11.1. The maximum absolute atomic E-state index is 3.34. The number of fused-ring (bicyclic) bond motifs is 2. The van der Waals surface area contributed by atoms with Crippen LogP contribution in [-0.4, -0.2) is 22.3 Å². The number of benzene rings is 2. The third kappa shape index (κ3) is 2.51. The highest BCUT2D eigenvalue weighted by Crippen LogP contribution is 2.39. The van der Waals surface area contributed by atoms with Gasteiger partial charge in [0.2, 0.25) is 5.69 Å². The van der Waals surface area contributed by atoms with E-state index in [-0.39, 0.29) is 29.4 Å². The van der Waals surface area contributed by atoms with E-state index in [1.54, 1.807) is 0 Å². The summed E-state index contributed by atoms with van der Waals surface area (Å²) in [7, 11) is 2.16. The van der Waals surface area contributed by atoms with Crippen LogP contribution in [0.5, 0.6) is 0 Å². The lowest BCUT2D eigenvalue weighted by molar-refractivity contribution is -0.401. The van der Waals surface area contributed by atoms with Gasteiger partial charge in [-0.1, -0.05) is 36.4 Å². The smallest absolute Gasteiger partial charge is 0.209 e. The van der Waals surface area contributed by atoms with Crippen LogP contribution in [0.15, 0.2) is 60.8 Å². The molecule has 0 radical (unpaired) electrons. The number of para-hydroxylation sites is 2. The minimum Gasteiger partial charge on any atom is -1.00 e. The molecule has 3 heteroatoms. The Balaban J connectivity index is 0.00000169. The number of aromatic nitrogens is 1. The minimum atomic E-state index is 0. The first-order valence-electron chi connectivity index (χ1n) is 8.04. The third-order valence-electron chi connectivity index (χ3n) is 4.98. The molecule has 0 atom stereocenters. The molecule has 0 saturated carbocycles. The molecule has 0 saturated heterocycles. The van der Waals surface area contributed by atoms with E-state index in [9.17, 15) is 0 Å². The van der Waals surface area contributed by atoms with Crippen molar-refractivity contribution in [1.82, 2.24) is 4.98 Å². The van der Waals surface area contributed by atoms with Crippen LogP contribution in [0, 0.1) is 0 Å². The normalized spacial score (nSPS) is 15.8. The topological polar surface area (TPSA) is 18.8 Å². The van der Waals surface area contributed by atoms with Gasteiger partial charge < -0.3 is 29.0 Å². The highest BCUT2D eigenvalue weighted by atomic mass is 127. The van der Waals surface area contributed by atoms with Crippen molar-refractivity contribution in [3.63, 3.8) is 0 Å². The quantitative estimate of drug-likeness (QED) is 0.475. The predicted octanol–water partition coefficient (Wildman–Crippen LogP) is 1.89. The Labute approximate surface area is 159 Å². The highest BCUT2D eigenvalue weighted by molar-refractivity contribution is 6.06. The maximum Gasteiger partial charge on any atom is 0.209 e. The van der Waals surface area contributed by atoms with Gasteiger partial charge in [-0.3, -0.25) is 0 Å². The third-order valence-corrected chi connectivity index (χ3v) is 4.98. The van der Waals surface area contributed by atoms with Gasteiger partial charge in [-0.15, -0.1) is 0 Å². The Hall–Kier alpha value is -1.88. The molecule has 1 aromatic heterocycles. The molecule has 24 heavy (non-hydrogen) atoms. The summed E-state index contributed by atoms with van der Waals surface area (Å²) >= 11 is 0. The number of nitrogens with zero attached hydrogens (tertiary/aromatic N) is 1. The van der Waals surface area contributed by atoms with Gasteiger partial charge in [0.15, 0.2) is 5.71 Å². The lowest BCUT2D eigenvalue weighted by Crippen LogP contribution is -3.00. The number of H-pyrrole nitrogens is 1. The van der Waals surface area contributed by atoms with Gasteiger partial charge in [0.1, 0.15) is 7.05 Å². The molecule has 0 fully saturated rings. The summed E-state index contributed by atoms with van der Waals surface area (Å²) in [6.45, 7) is 4.59. The zero-order valence-electron chi connectivity index (χ0n) is 14.2. The van der Waals surface area contributed by atoms with Crippen LogP contribution in [0.4, 0.5) is 5.69 Å². The van der Waals surface area contributed by atoms with Crippen LogP contribution in [0.25, 0.3) is 17.0 Å². The van der Waals surface area contributed by atoms with Crippen molar-refractivity contribution in [3.05, 3.63) is 71.9 Å². The second-order valence-electron chi connectivity index (χ2n) is 6.71. The minimum absolute atomic E-state index is 0. The fourth-order valence-electron chi connectivity index (χ4n) is 3.70. The van der Waals surface area contributed by atoms with Crippen molar-refractivity contribution in [1.29, 1.82) is 0 Å². The average Bonchev–Trinajstić information content (AvgIpc) is 3.05. The lowest BCUT2D eigenvalue weighted by atomic mass is 9.81. The molecule has 1 aliphatic heterocycles. The summed E-state index contributed by atoms with van der Waals surface area (Å²) in [4.78, 5) is 3.34. The molecule has 0 bridgehead atoms. The van der Waals surface area contributed by atoms with Crippen molar-refractivity contribution < 1.29 is 28.6 Å². The molecule has 2 heterocycles. The molecule has 1 aliphatic rings. The highest BCUT2D eigenvalue weighted by Gasteiger charge is 2.42. The molecular formula is C21H21IN2. The van der Waals surface area contributed by atoms with E-state index < -0.39 is 0 Å². The second kappa shape index (κ2) is 6.20. The zero-order chi connectivity index (χ0) is 16.0. The van der Waals surface area contributed by atoms with Gasteiger partial charge in [0.05, 0.1) is 5.41 Å². The van der Waals surface area contributed by atoms with Crippen molar-refractivity contribution in [2.45, 2.75) is 19.3 Å². The van der Waals surface area contributed by atoms with Crippen LogP contribution in [0.3, 0.4) is 0 Å². The fourth-order valence-corrected chi connectivity index (χ4v) is 3.70. The van der Waals surface area contributed by atoms with Gasteiger partial charge in [-0.05, 0) is 31.6 Å². The molecule has 2 nitrogen and oxygen atoms in total. The SMILES string of the molecule is C[N+]1=C(C=Cc2c[nH]c3ccccc23)C(C)(C)c2ccccc21.[I-]. The summed E-state index contributed by atoms with van der Waals surface area (Å²) in [5.74, 6) is 0. The van der Waals surface area contributed by atoms with E-state index in [2.05, 4.69) is 97.3 Å². The molecule has 0 amide bonds. The maximum atomic E-state index is 3.34. The van der Waals surface area contributed by atoms with Gasteiger partial charge >= 0.3 is 0 Å². The molecule has 0 unspecified atom stereocenters. The lowest BCUT2D eigenvalue weighted by Gasteiger charge is -2.15. The first-order valence-corrected chi connectivity index (χ1v) is 8.04. The van der Waals surface area contributed by atoms with Crippen LogP contribution >= 0.6 is 0 Å². The predicted molar refractivity (Wildman–Crippen MR) is 97.7 cm³/mol. The van der Waals surface area contributed by atoms with Crippen LogP contribution in [0.2, 0.25) is 0 Å². The fraction of sp³-hybridized carbons (Fsp3) is 0.190. The zero-order valence-corrected chi connectivity index (χ0v) is 16.3. The Bertz CT molecular complexity index is 961. The van der Waals surface area contributed by atoms with Crippen molar-refractivity contribution in [2.75, 3.05) is 7.05 Å². The van der Waals surface area contributed by atoms with Gasteiger partial charge in [-0.2, -0.15) is 4.58 Å².